The molecule has 16 heavy (non-hydrogen) atoms. The molecule has 88 valence electrons. The fourth-order valence-corrected chi connectivity index (χ4v) is 2.78. The van der Waals surface area contributed by atoms with E-state index in [1.165, 1.54) is 31.7 Å². The molecule has 1 aromatic rings. The molecule has 2 rings (SSSR count). The van der Waals surface area contributed by atoms with Crippen molar-refractivity contribution >= 4 is 21.6 Å². The highest BCUT2D eigenvalue weighted by Crippen LogP contribution is 2.30. The third-order valence-corrected chi connectivity index (χ3v) is 4.02. The molecule has 0 radical (unpaired) electrons. The number of hydrogen-bond acceptors (Lipinski definition) is 1. The van der Waals surface area contributed by atoms with Gasteiger partial charge in [-0.1, -0.05) is 13.3 Å². The zero-order valence-electron chi connectivity index (χ0n) is 9.47. The number of hydrogen-bond donors (Lipinski definition) is 1. The summed E-state index contributed by atoms with van der Waals surface area (Å²) in [6.45, 7) is 2.25. The van der Waals surface area contributed by atoms with Crippen LogP contribution in [-0.2, 0) is 0 Å². The van der Waals surface area contributed by atoms with E-state index in [4.69, 9.17) is 0 Å². The highest BCUT2D eigenvalue weighted by Gasteiger charge is 2.22. The van der Waals surface area contributed by atoms with Gasteiger partial charge < -0.3 is 5.32 Å². The van der Waals surface area contributed by atoms with E-state index >= 15 is 0 Å². The molecule has 1 aromatic carbocycles. The van der Waals surface area contributed by atoms with Crippen LogP contribution in [0.4, 0.5) is 10.1 Å². The van der Waals surface area contributed by atoms with Gasteiger partial charge in [0.25, 0.3) is 0 Å². The van der Waals surface area contributed by atoms with Crippen LogP contribution in [0.5, 0.6) is 0 Å². The van der Waals surface area contributed by atoms with Gasteiger partial charge in [0.2, 0.25) is 0 Å². The van der Waals surface area contributed by atoms with Gasteiger partial charge in [-0.05, 0) is 59.3 Å². The van der Waals surface area contributed by atoms with Crippen LogP contribution in [0.15, 0.2) is 22.7 Å². The van der Waals surface area contributed by atoms with Gasteiger partial charge in [-0.25, -0.2) is 4.39 Å². The summed E-state index contributed by atoms with van der Waals surface area (Å²) in [5.41, 5.74) is 1.01. The van der Waals surface area contributed by atoms with E-state index in [9.17, 15) is 4.39 Å². The molecule has 1 fully saturated rings. The highest BCUT2D eigenvalue weighted by molar-refractivity contribution is 9.10. The molecule has 0 aliphatic heterocycles. The third kappa shape index (κ3) is 2.76. The van der Waals surface area contributed by atoms with Crippen molar-refractivity contribution < 1.29 is 4.39 Å². The molecule has 2 unspecified atom stereocenters. The van der Waals surface area contributed by atoms with Gasteiger partial charge in [0.05, 0.1) is 4.47 Å². The first-order valence-electron chi connectivity index (χ1n) is 5.90. The van der Waals surface area contributed by atoms with E-state index in [1.54, 1.807) is 6.07 Å². The fraction of sp³-hybridized carbons (Fsp3) is 0.538. The van der Waals surface area contributed by atoms with E-state index in [-0.39, 0.29) is 5.82 Å². The van der Waals surface area contributed by atoms with Crippen molar-refractivity contribution in [3.8, 4) is 0 Å². The lowest BCUT2D eigenvalue weighted by atomic mass is 10.1. The van der Waals surface area contributed by atoms with Crippen molar-refractivity contribution in [1.82, 2.24) is 0 Å². The summed E-state index contributed by atoms with van der Waals surface area (Å²) < 4.78 is 13.6. The first kappa shape index (κ1) is 11.9. The maximum atomic E-state index is 13.1. The van der Waals surface area contributed by atoms with Crippen LogP contribution in [0.1, 0.15) is 32.6 Å². The van der Waals surface area contributed by atoms with E-state index < -0.39 is 0 Å². The fourth-order valence-electron chi connectivity index (χ4n) is 2.40. The molecule has 0 spiro atoms. The van der Waals surface area contributed by atoms with Crippen molar-refractivity contribution in [2.24, 2.45) is 5.92 Å². The lowest BCUT2D eigenvalue weighted by Gasteiger charge is -2.14. The first-order chi connectivity index (χ1) is 7.69. The predicted molar refractivity (Wildman–Crippen MR) is 69.1 cm³/mol. The second kappa shape index (κ2) is 5.17. The van der Waals surface area contributed by atoms with Gasteiger partial charge in [-0.15, -0.1) is 0 Å². The topological polar surface area (TPSA) is 12.0 Å². The second-order valence-corrected chi connectivity index (χ2v) is 5.41. The largest absolute Gasteiger partial charge is 0.382 e. The summed E-state index contributed by atoms with van der Waals surface area (Å²) in [6.07, 6.45) is 5.06. The monoisotopic (exact) mass is 285 g/mol. The van der Waals surface area contributed by atoms with Crippen molar-refractivity contribution in [3.05, 3.63) is 28.5 Å². The second-order valence-electron chi connectivity index (χ2n) is 4.56. The maximum Gasteiger partial charge on any atom is 0.137 e. The number of rotatable bonds is 3. The molecule has 1 N–H and O–H groups in total. The third-order valence-electron chi connectivity index (χ3n) is 3.41. The Morgan fingerprint density at radius 2 is 2.25 bits per heavy atom. The Bertz CT molecular complexity index is 367. The van der Waals surface area contributed by atoms with Crippen LogP contribution >= 0.6 is 15.9 Å². The van der Waals surface area contributed by atoms with Gasteiger partial charge in [0.1, 0.15) is 5.82 Å². The summed E-state index contributed by atoms with van der Waals surface area (Å²) in [5, 5.41) is 3.48. The van der Waals surface area contributed by atoms with Crippen molar-refractivity contribution in [2.45, 2.75) is 38.6 Å². The molecular formula is C13H17BrFN. The molecule has 0 aromatic heterocycles. The summed E-state index contributed by atoms with van der Waals surface area (Å²) in [7, 11) is 0. The summed E-state index contributed by atoms with van der Waals surface area (Å²) in [6, 6.07) is 5.68. The van der Waals surface area contributed by atoms with E-state index in [2.05, 4.69) is 28.2 Å². The first-order valence-corrected chi connectivity index (χ1v) is 6.70. The molecule has 0 amide bonds. The SMILES string of the molecule is CCC1CCC(Nc2ccc(F)c(Br)c2)C1. The zero-order chi connectivity index (χ0) is 11.5. The quantitative estimate of drug-likeness (QED) is 0.857. The van der Waals surface area contributed by atoms with Gasteiger partial charge in [-0.3, -0.25) is 0 Å². The Balaban J connectivity index is 1.97. The average molecular weight is 286 g/mol. The van der Waals surface area contributed by atoms with Gasteiger partial charge in [-0.2, -0.15) is 0 Å². The van der Waals surface area contributed by atoms with Crippen LogP contribution in [0.25, 0.3) is 0 Å². The normalized spacial score (nSPS) is 24.7. The molecule has 0 bridgehead atoms. The van der Waals surface area contributed by atoms with Gasteiger partial charge >= 0.3 is 0 Å². The molecule has 1 aliphatic carbocycles. The molecule has 2 atom stereocenters. The standard InChI is InChI=1S/C13H17BrFN/c1-2-9-3-4-10(7-9)16-11-5-6-13(15)12(14)8-11/h5-6,8-10,16H,2-4,7H2,1H3. The maximum absolute atomic E-state index is 13.1. The number of anilines is 1. The van der Waals surface area contributed by atoms with Crippen LogP contribution in [0, 0.1) is 11.7 Å². The van der Waals surface area contributed by atoms with Crippen LogP contribution in [0.3, 0.4) is 0 Å². The molecule has 3 heteroatoms. The van der Waals surface area contributed by atoms with E-state index in [1.807, 2.05) is 6.07 Å². The molecule has 1 saturated carbocycles. The Morgan fingerprint density at radius 3 is 2.88 bits per heavy atom. The number of halogens is 2. The van der Waals surface area contributed by atoms with Crippen molar-refractivity contribution in [3.63, 3.8) is 0 Å². The summed E-state index contributed by atoms with van der Waals surface area (Å²) in [5.74, 6) is 0.657. The van der Waals surface area contributed by atoms with Crippen LogP contribution in [0.2, 0.25) is 0 Å². The molecule has 1 aliphatic rings. The molecule has 0 saturated heterocycles. The molecular weight excluding hydrogens is 269 g/mol. The lowest BCUT2D eigenvalue weighted by Crippen LogP contribution is -2.15. The van der Waals surface area contributed by atoms with Crippen molar-refractivity contribution in [2.75, 3.05) is 5.32 Å². The predicted octanol–water partition coefficient (Wildman–Crippen LogP) is 4.58. The summed E-state index contributed by atoms with van der Waals surface area (Å²) in [4.78, 5) is 0. The van der Waals surface area contributed by atoms with Crippen LogP contribution < -0.4 is 5.32 Å². The zero-order valence-corrected chi connectivity index (χ0v) is 11.1. The lowest BCUT2D eigenvalue weighted by molar-refractivity contribution is 0.525. The number of nitrogens with one attached hydrogen (secondary N) is 1. The highest BCUT2D eigenvalue weighted by atomic mass is 79.9. The van der Waals surface area contributed by atoms with Crippen LogP contribution in [-0.4, -0.2) is 6.04 Å². The van der Waals surface area contributed by atoms with E-state index in [0.717, 1.165) is 11.6 Å². The molecule has 0 heterocycles. The summed E-state index contributed by atoms with van der Waals surface area (Å²) >= 11 is 3.21. The molecule has 1 nitrogen and oxygen atoms in total. The van der Waals surface area contributed by atoms with Crippen molar-refractivity contribution in [1.29, 1.82) is 0 Å². The van der Waals surface area contributed by atoms with Gasteiger partial charge in [0, 0.05) is 11.7 Å². The minimum absolute atomic E-state index is 0.205. The Hall–Kier alpha value is -0.570. The Labute approximate surface area is 105 Å². The Kier molecular flexibility index (Phi) is 3.85. The number of benzene rings is 1. The minimum Gasteiger partial charge on any atom is -0.382 e. The van der Waals surface area contributed by atoms with E-state index in [0.29, 0.717) is 10.5 Å². The average Bonchev–Trinajstić information content (AvgIpc) is 2.71. The minimum atomic E-state index is -0.205. The smallest absolute Gasteiger partial charge is 0.137 e. The Morgan fingerprint density at radius 1 is 1.44 bits per heavy atom. The van der Waals surface area contributed by atoms with Gasteiger partial charge in [0.15, 0.2) is 0 Å².